The van der Waals surface area contributed by atoms with E-state index in [4.69, 9.17) is 4.74 Å². The van der Waals surface area contributed by atoms with Crippen LogP contribution in [0.5, 0.6) is 0 Å². The van der Waals surface area contributed by atoms with Crippen molar-refractivity contribution in [2.24, 2.45) is 0 Å². The third kappa shape index (κ3) is 4.60. The predicted molar refractivity (Wildman–Crippen MR) is 85.1 cm³/mol. The lowest BCUT2D eigenvalue weighted by molar-refractivity contribution is 0.00866. The van der Waals surface area contributed by atoms with Gasteiger partial charge < -0.3 is 10.1 Å². The highest BCUT2D eigenvalue weighted by Gasteiger charge is 2.17. The van der Waals surface area contributed by atoms with E-state index in [1.165, 1.54) is 49.7 Å². The van der Waals surface area contributed by atoms with Gasteiger partial charge in [0.1, 0.15) is 0 Å². The lowest BCUT2D eigenvalue weighted by Gasteiger charge is -2.25. The Morgan fingerprint density at radius 2 is 2.25 bits per heavy atom. The quantitative estimate of drug-likeness (QED) is 0.803. The first-order valence-corrected chi connectivity index (χ1v) is 8.21. The lowest BCUT2D eigenvalue weighted by Crippen LogP contribution is -2.23. The van der Waals surface area contributed by atoms with Gasteiger partial charge in [-0.2, -0.15) is 0 Å². The first-order valence-electron chi connectivity index (χ1n) is 8.21. The van der Waals surface area contributed by atoms with Crippen molar-refractivity contribution >= 4 is 0 Å². The highest BCUT2D eigenvalue weighted by molar-refractivity contribution is 5.26. The molecule has 0 spiro atoms. The summed E-state index contributed by atoms with van der Waals surface area (Å²) in [6, 6.07) is 9.51. The number of aryl methyl sites for hydroxylation is 1. The van der Waals surface area contributed by atoms with E-state index in [-0.39, 0.29) is 0 Å². The van der Waals surface area contributed by atoms with Gasteiger partial charge in [0.25, 0.3) is 0 Å². The van der Waals surface area contributed by atoms with Crippen molar-refractivity contribution in [3.05, 3.63) is 35.4 Å². The monoisotopic (exact) mass is 275 g/mol. The molecule has 2 atom stereocenters. The molecule has 2 heteroatoms. The molecule has 0 radical (unpaired) electrons. The van der Waals surface area contributed by atoms with E-state index in [9.17, 15) is 0 Å². The van der Waals surface area contributed by atoms with Gasteiger partial charge in [-0.15, -0.1) is 0 Å². The summed E-state index contributed by atoms with van der Waals surface area (Å²) in [6.45, 7) is 3.20. The summed E-state index contributed by atoms with van der Waals surface area (Å²) in [5.41, 5.74) is 2.88. The van der Waals surface area contributed by atoms with Crippen LogP contribution in [-0.2, 0) is 11.2 Å². The summed E-state index contributed by atoms with van der Waals surface area (Å²) in [5.74, 6) is 0. The molecule has 0 bridgehead atoms. The minimum Gasteiger partial charge on any atom is -0.378 e. The number of hydrogen-bond acceptors (Lipinski definition) is 2. The second kappa shape index (κ2) is 8.43. The van der Waals surface area contributed by atoms with Gasteiger partial charge in [0.15, 0.2) is 0 Å². The van der Waals surface area contributed by atoms with Crippen molar-refractivity contribution in [2.45, 2.75) is 64.0 Å². The predicted octanol–water partition coefficient (Wildman–Crippen LogP) is 4.25. The van der Waals surface area contributed by atoms with Crippen LogP contribution in [0.1, 0.15) is 62.6 Å². The van der Waals surface area contributed by atoms with E-state index < -0.39 is 0 Å². The van der Waals surface area contributed by atoms with E-state index in [0.717, 1.165) is 13.0 Å². The zero-order valence-electron chi connectivity index (χ0n) is 13.0. The molecular formula is C18H29NO. The largest absolute Gasteiger partial charge is 0.378 e. The molecular weight excluding hydrogens is 246 g/mol. The van der Waals surface area contributed by atoms with E-state index in [0.29, 0.717) is 12.1 Å². The summed E-state index contributed by atoms with van der Waals surface area (Å²) in [4.78, 5) is 0. The fourth-order valence-electron chi connectivity index (χ4n) is 3.12. The molecule has 1 fully saturated rings. The lowest BCUT2D eigenvalue weighted by atomic mass is 9.95. The van der Waals surface area contributed by atoms with Crippen molar-refractivity contribution < 1.29 is 4.74 Å². The molecule has 1 saturated heterocycles. The van der Waals surface area contributed by atoms with Crippen LogP contribution in [0, 0.1) is 0 Å². The Balaban J connectivity index is 1.91. The van der Waals surface area contributed by atoms with E-state index >= 15 is 0 Å². The van der Waals surface area contributed by atoms with Crippen LogP contribution < -0.4 is 5.32 Å². The van der Waals surface area contributed by atoms with Gasteiger partial charge in [-0.1, -0.05) is 37.6 Å². The van der Waals surface area contributed by atoms with Crippen LogP contribution >= 0.6 is 0 Å². The molecule has 112 valence electrons. The molecule has 2 unspecified atom stereocenters. The summed E-state index contributed by atoms with van der Waals surface area (Å²) < 4.78 is 5.84. The maximum Gasteiger partial charge on any atom is 0.0575 e. The topological polar surface area (TPSA) is 21.3 Å². The molecule has 1 heterocycles. The van der Waals surface area contributed by atoms with Crippen molar-refractivity contribution in [3.63, 3.8) is 0 Å². The molecule has 1 aliphatic heterocycles. The summed E-state index contributed by atoms with van der Waals surface area (Å²) in [7, 11) is 2.07. The van der Waals surface area contributed by atoms with Crippen molar-refractivity contribution in [1.29, 1.82) is 0 Å². The number of hydrogen-bond donors (Lipinski definition) is 1. The molecule has 2 rings (SSSR count). The fraction of sp³-hybridized carbons (Fsp3) is 0.667. The number of nitrogens with one attached hydrogen (secondary N) is 1. The maximum atomic E-state index is 5.84. The van der Waals surface area contributed by atoms with Crippen molar-refractivity contribution in [1.82, 2.24) is 5.32 Å². The maximum absolute atomic E-state index is 5.84. The fourth-order valence-corrected chi connectivity index (χ4v) is 3.12. The first-order chi connectivity index (χ1) is 9.83. The molecule has 20 heavy (non-hydrogen) atoms. The molecule has 1 aromatic carbocycles. The van der Waals surface area contributed by atoms with E-state index in [1.54, 1.807) is 0 Å². The summed E-state index contributed by atoms with van der Waals surface area (Å²) >= 11 is 0. The second-order valence-corrected chi connectivity index (χ2v) is 5.90. The average Bonchev–Trinajstić information content (AvgIpc) is 2.50. The van der Waals surface area contributed by atoms with Gasteiger partial charge in [-0.25, -0.2) is 0 Å². The molecule has 1 aliphatic rings. The van der Waals surface area contributed by atoms with Crippen molar-refractivity contribution in [3.8, 4) is 0 Å². The highest BCUT2D eigenvalue weighted by atomic mass is 16.5. The summed E-state index contributed by atoms with van der Waals surface area (Å²) in [6.07, 6.45) is 9.02. The van der Waals surface area contributed by atoms with Crippen LogP contribution in [-0.4, -0.2) is 19.8 Å². The summed E-state index contributed by atoms with van der Waals surface area (Å²) in [5, 5.41) is 3.47. The van der Waals surface area contributed by atoms with Gasteiger partial charge in [-0.3, -0.25) is 0 Å². The molecule has 1 N–H and O–H groups in total. The minimum atomic E-state index is 0.456. The normalized spacial score (nSPS) is 20.8. The Morgan fingerprint density at radius 3 is 2.95 bits per heavy atom. The Bertz CT molecular complexity index is 385. The van der Waals surface area contributed by atoms with Crippen LogP contribution in [0.25, 0.3) is 0 Å². The zero-order chi connectivity index (χ0) is 14.2. The standard InChI is InChI=1S/C18H29NO/c1-3-7-15-8-6-9-16(14-15)18(19-2)12-11-17-10-4-5-13-20-17/h6,8-9,14,17-19H,3-5,7,10-13H2,1-2H3. The van der Waals surface area contributed by atoms with Crippen LogP contribution in [0.2, 0.25) is 0 Å². The average molecular weight is 275 g/mol. The van der Waals surface area contributed by atoms with Gasteiger partial charge >= 0.3 is 0 Å². The molecule has 0 amide bonds. The Labute approximate surface area is 123 Å². The molecule has 0 saturated carbocycles. The van der Waals surface area contributed by atoms with Crippen LogP contribution in [0.3, 0.4) is 0 Å². The van der Waals surface area contributed by atoms with Crippen molar-refractivity contribution in [2.75, 3.05) is 13.7 Å². The number of rotatable bonds is 7. The zero-order valence-corrected chi connectivity index (χ0v) is 13.0. The molecule has 0 aliphatic carbocycles. The number of benzene rings is 1. The smallest absolute Gasteiger partial charge is 0.0575 e. The van der Waals surface area contributed by atoms with Gasteiger partial charge in [0.2, 0.25) is 0 Å². The van der Waals surface area contributed by atoms with Gasteiger partial charge in [-0.05, 0) is 56.7 Å². The highest BCUT2D eigenvalue weighted by Crippen LogP contribution is 2.24. The third-order valence-electron chi connectivity index (χ3n) is 4.29. The Hall–Kier alpha value is -0.860. The SMILES string of the molecule is CCCc1cccc(C(CCC2CCCCO2)NC)c1. The Morgan fingerprint density at radius 1 is 1.35 bits per heavy atom. The first kappa shape index (κ1) is 15.5. The van der Waals surface area contributed by atoms with Gasteiger partial charge in [0.05, 0.1) is 6.10 Å². The molecule has 2 nitrogen and oxygen atoms in total. The van der Waals surface area contributed by atoms with Crippen LogP contribution in [0.15, 0.2) is 24.3 Å². The van der Waals surface area contributed by atoms with E-state index in [1.807, 2.05) is 0 Å². The molecule has 1 aromatic rings. The Kier molecular flexibility index (Phi) is 6.55. The minimum absolute atomic E-state index is 0.456. The molecule has 0 aromatic heterocycles. The third-order valence-corrected chi connectivity index (χ3v) is 4.29. The van der Waals surface area contributed by atoms with Crippen LogP contribution in [0.4, 0.5) is 0 Å². The van der Waals surface area contributed by atoms with Gasteiger partial charge in [0, 0.05) is 12.6 Å². The number of ether oxygens (including phenoxy) is 1. The second-order valence-electron chi connectivity index (χ2n) is 5.90. The van der Waals surface area contributed by atoms with E-state index in [2.05, 4.69) is 43.6 Å².